The van der Waals surface area contributed by atoms with Gasteiger partial charge in [0.1, 0.15) is 0 Å². The predicted molar refractivity (Wildman–Crippen MR) is 116 cm³/mol. The maximum atomic E-state index is 6.03. The molecule has 4 nitrogen and oxygen atoms in total. The summed E-state index contributed by atoms with van der Waals surface area (Å²) < 4.78 is 0. The maximum Gasteiger partial charge on any atom is 0.0980 e. The van der Waals surface area contributed by atoms with E-state index in [0.717, 1.165) is 57.8 Å². The quantitative estimate of drug-likeness (QED) is 0.238. The molecular formula is C24H48O4. The summed E-state index contributed by atoms with van der Waals surface area (Å²) in [5.41, 5.74) is -0.428. The van der Waals surface area contributed by atoms with E-state index in [1.807, 2.05) is 0 Å². The minimum Gasteiger partial charge on any atom is -0.233 e. The lowest BCUT2D eigenvalue weighted by molar-refractivity contribution is -0.407. The molecule has 4 atom stereocenters. The molecule has 168 valence electrons. The second kappa shape index (κ2) is 11.3. The lowest BCUT2D eigenvalue weighted by atomic mass is 9.64. The van der Waals surface area contributed by atoms with E-state index < -0.39 is 0 Å². The van der Waals surface area contributed by atoms with Crippen LogP contribution in [0.4, 0.5) is 0 Å². The van der Waals surface area contributed by atoms with Crippen LogP contribution in [0.3, 0.4) is 0 Å². The second-order valence-corrected chi connectivity index (χ2v) is 10.3. The average Bonchev–Trinajstić information content (AvgIpc) is 2.64. The zero-order valence-corrected chi connectivity index (χ0v) is 20.2. The minimum absolute atomic E-state index is 0.0257. The van der Waals surface area contributed by atoms with E-state index in [9.17, 15) is 0 Å². The molecule has 1 aliphatic rings. The van der Waals surface area contributed by atoms with E-state index in [1.165, 1.54) is 0 Å². The largest absolute Gasteiger partial charge is 0.233 e. The standard InChI is InChI=1S/C24H48O4/c1-10-14-22(6,7)27-25-19(5)24(13-4)17-20(12-3)16-21(18-24)26-28-23(8,9)15-11-2/h19-21H,10-18H2,1-9H3. The zero-order valence-electron chi connectivity index (χ0n) is 20.2. The molecule has 0 aromatic carbocycles. The summed E-state index contributed by atoms with van der Waals surface area (Å²) in [6, 6.07) is 0. The van der Waals surface area contributed by atoms with Gasteiger partial charge >= 0.3 is 0 Å². The van der Waals surface area contributed by atoms with Crippen LogP contribution in [0.2, 0.25) is 0 Å². The maximum absolute atomic E-state index is 6.03. The van der Waals surface area contributed by atoms with Gasteiger partial charge < -0.3 is 0 Å². The van der Waals surface area contributed by atoms with Crippen molar-refractivity contribution in [2.75, 3.05) is 0 Å². The fourth-order valence-corrected chi connectivity index (χ4v) is 4.73. The van der Waals surface area contributed by atoms with Gasteiger partial charge in [0.25, 0.3) is 0 Å². The Labute approximate surface area is 174 Å². The van der Waals surface area contributed by atoms with Gasteiger partial charge in [-0.15, -0.1) is 0 Å². The molecule has 0 amide bonds. The molecular weight excluding hydrogens is 352 g/mol. The van der Waals surface area contributed by atoms with Crippen LogP contribution in [0.25, 0.3) is 0 Å². The van der Waals surface area contributed by atoms with Gasteiger partial charge in [-0.3, -0.25) is 0 Å². The highest BCUT2D eigenvalue weighted by atomic mass is 17.2. The first kappa shape index (κ1) is 25.9. The molecule has 0 aromatic heterocycles. The summed E-state index contributed by atoms with van der Waals surface area (Å²) in [4.78, 5) is 23.8. The van der Waals surface area contributed by atoms with Gasteiger partial charge in [-0.1, -0.05) is 47.0 Å². The molecule has 0 N–H and O–H groups in total. The second-order valence-electron chi connectivity index (χ2n) is 10.3. The SMILES string of the molecule is CCCC(C)(C)OOC1CC(CC)CC(CC)(C(C)OOC(C)(C)CCC)C1. The molecule has 1 saturated carbocycles. The topological polar surface area (TPSA) is 36.9 Å². The molecule has 28 heavy (non-hydrogen) atoms. The van der Waals surface area contributed by atoms with Crippen LogP contribution in [0.15, 0.2) is 0 Å². The van der Waals surface area contributed by atoms with Crippen LogP contribution in [0.1, 0.15) is 120 Å². The van der Waals surface area contributed by atoms with E-state index in [4.69, 9.17) is 19.6 Å². The summed E-state index contributed by atoms with van der Waals surface area (Å²) in [7, 11) is 0. The van der Waals surface area contributed by atoms with Gasteiger partial charge in [0.05, 0.1) is 23.4 Å². The first-order valence-electron chi connectivity index (χ1n) is 11.7. The van der Waals surface area contributed by atoms with Gasteiger partial charge in [0.2, 0.25) is 0 Å². The third kappa shape index (κ3) is 7.93. The summed E-state index contributed by atoms with van der Waals surface area (Å²) in [5, 5.41) is 0. The monoisotopic (exact) mass is 400 g/mol. The summed E-state index contributed by atoms with van der Waals surface area (Å²) in [6.45, 7) is 19.5. The van der Waals surface area contributed by atoms with Crippen molar-refractivity contribution in [3.8, 4) is 0 Å². The fourth-order valence-electron chi connectivity index (χ4n) is 4.73. The van der Waals surface area contributed by atoms with Crippen molar-refractivity contribution in [1.82, 2.24) is 0 Å². The summed E-state index contributed by atoms with van der Waals surface area (Å²) in [6.07, 6.45) is 9.71. The predicted octanol–water partition coefficient (Wildman–Crippen LogP) is 7.40. The molecule has 0 aliphatic heterocycles. The molecule has 0 heterocycles. The van der Waals surface area contributed by atoms with Crippen molar-refractivity contribution >= 4 is 0 Å². The first-order valence-corrected chi connectivity index (χ1v) is 11.7. The Morgan fingerprint density at radius 2 is 1.46 bits per heavy atom. The van der Waals surface area contributed by atoms with Crippen LogP contribution < -0.4 is 0 Å². The molecule has 1 aliphatic carbocycles. The molecule has 1 fully saturated rings. The number of rotatable bonds is 13. The van der Waals surface area contributed by atoms with Gasteiger partial charge in [0, 0.05) is 5.41 Å². The third-order valence-electron chi connectivity index (χ3n) is 6.60. The van der Waals surface area contributed by atoms with E-state index in [2.05, 4.69) is 62.3 Å². The minimum atomic E-state index is -0.250. The molecule has 1 rings (SSSR count). The van der Waals surface area contributed by atoms with Gasteiger partial charge in [-0.2, -0.15) is 0 Å². The van der Waals surface area contributed by atoms with E-state index in [-0.39, 0.29) is 28.8 Å². The van der Waals surface area contributed by atoms with Crippen LogP contribution in [-0.4, -0.2) is 23.4 Å². The number of hydrogen-bond donors (Lipinski definition) is 0. The molecule has 0 aromatic rings. The van der Waals surface area contributed by atoms with Crippen molar-refractivity contribution in [3.63, 3.8) is 0 Å². The fraction of sp³-hybridized carbons (Fsp3) is 1.00. The Hall–Kier alpha value is -0.160. The average molecular weight is 401 g/mol. The summed E-state index contributed by atoms with van der Waals surface area (Å²) in [5.74, 6) is 0.631. The Bertz CT molecular complexity index is 434. The smallest absolute Gasteiger partial charge is 0.0980 e. The lowest BCUT2D eigenvalue weighted by Crippen LogP contribution is -2.46. The molecule has 0 bridgehead atoms. The molecule has 0 radical (unpaired) electrons. The van der Waals surface area contributed by atoms with Crippen molar-refractivity contribution in [2.24, 2.45) is 11.3 Å². The van der Waals surface area contributed by atoms with E-state index in [1.54, 1.807) is 0 Å². The van der Waals surface area contributed by atoms with E-state index in [0.29, 0.717) is 5.92 Å². The van der Waals surface area contributed by atoms with Crippen molar-refractivity contribution < 1.29 is 19.6 Å². The lowest BCUT2D eigenvalue weighted by Gasteiger charge is -2.47. The van der Waals surface area contributed by atoms with Crippen molar-refractivity contribution in [3.05, 3.63) is 0 Å². The Morgan fingerprint density at radius 1 is 0.893 bits per heavy atom. The molecule has 0 spiro atoms. The normalized spacial score (nSPS) is 27.8. The Balaban J connectivity index is 2.81. The molecule has 0 saturated heterocycles. The third-order valence-corrected chi connectivity index (χ3v) is 6.60. The van der Waals surface area contributed by atoms with Crippen molar-refractivity contribution in [1.29, 1.82) is 0 Å². The van der Waals surface area contributed by atoms with Crippen LogP contribution in [-0.2, 0) is 19.6 Å². The summed E-state index contributed by atoms with van der Waals surface area (Å²) >= 11 is 0. The highest BCUT2D eigenvalue weighted by Crippen LogP contribution is 2.48. The van der Waals surface area contributed by atoms with Crippen LogP contribution >= 0.6 is 0 Å². The van der Waals surface area contributed by atoms with Crippen LogP contribution in [0.5, 0.6) is 0 Å². The highest BCUT2D eigenvalue weighted by Gasteiger charge is 2.45. The van der Waals surface area contributed by atoms with Gasteiger partial charge in [0.15, 0.2) is 0 Å². The van der Waals surface area contributed by atoms with E-state index >= 15 is 0 Å². The molecule has 4 unspecified atom stereocenters. The van der Waals surface area contributed by atoms with Gasteiger partial charge in [-0.25, -0.2) is 19.6 Å². The van der Waals surface area contributed by atoms with Gasteiger partial charge in [-0.05, 0) is 79.1 Å². The van der Waals surface area contributed by atoms with Crippen molar-refractivity contribution in [2.45, 2.75) is 144 Å². The highest BCUT2D eigenvalue weighted by molar-refractivity contribution is 4.93. The number of hydrogen-bond acceptors (Lipinski definition) is 4. The Kier molecular flexibility index (Phi) is 10.4. The first-order chi connectivity index (χ1) is 13.0. The molecule has 4 heteroatoms. The zero-order chi connectivity index (χ0) is 21.4. The Morgan fingerprint density at radius 3 is 1.96 bits per heavy atom. The van der Waals surface area contributed by atoms with Crippen LogP contribution in [0, 0.1) is 11.3 Å².